The molecule has 0 saturated heterocycles. The van der Waals surface area contributed by atoms with Crippen LogP contribution in [0.2, 0.25) is 0 Å². The zero-order valence-electron chi connectivity index (χ0n) is 25.7. The van der Waals surface area contributed by atoms with E-state index in [1.165, 1.54) is 10.8 Å². The molecule has 0 unspecified atom stereocenters. The largest absolute Gasteiger partial charge is 0.455 e. The first-order chi connectivity index (χ1) is 23.8. The third kappa shape index (κ3) is 4.08. The van der Waals surface area contributed by atoms with E-state index in [9.17, 15) is 0 Å². The second-order valence-electron chi connectivity index (χ2n) is 12.0. The number of rotatable bonds is 4. The summed E-state index contributed by atoms with van der Waals surface area (Å²) in [6.45, 7) is 0. The minimum atomic E-state index is 0.624. The van der Waals surface area contributed by atoms with Gasteiger partial charge in [0.05, 0.1) is 11.0 Å². The van der Waals surface area contributed by atoms with Gasteiger partial charge in [-0.05, 0) is 36.4 Å². The first kappa shape index (κ1) is 26.6. The Morgan fingerprint density at radius 1 is 0.396 bits per heavy atom. The average Bonchev–Trinajstić information content (AvgIpc) is 3.72. The standard InChI is InChI=1S/C43H26N4O/c1-3-12-27(13-4-1)41-44-42(28-14-5-2-6-15-28)46-43(45-41)29-16-11-17-30(26-29)47-37-20-9-7-18-31(37)33-22-25-36-34(39(33)47)23-24-35-32-19-8-10-21-38(32)48-40(35)36/h1-26H. The molecule has 3 heterocycles. The van der Waals surface area contributed by atoms with Gasteiger partial charge in [0, 0.05) is 54.7 Å². The van der Waals surface area contributed by atoms with Gasteiger partial charge >= 0.3 is 0 Å². The van der Waals surface area contributed by atoms with Crippen LogP contribution in [0.4, 0.5) is 0 Å². The van der Waals surface area contributed by atoms with Gasteiger partial charge in [-0.15, -0.1) is 0 Å². The Balaban J connectivity index is 1.23. The average molecular weight is 615 g/mol. The van der Waals surface area contributed by atoms with E-state index in [4.69, 9.17) is 19.4 Å². The monoisotopic (exact) mass is 614 g/mol. The van der Waals surface area contributed by atoms with E-state index < -0.39 is 0 Å². The van der Waals surface area contributed by atoms with Gasteiger partial charge in [-0.2, -0.15) is 0 Å². The fourth-order valence-corrected chi connectivity index (χ4v) is 7.04. The molecule has 0 bridgehead atoms. The Bertz CT molecular complexity index is 2780. The Morgan fingerprint density at radius 2 is 0.917 bits per heavy atom. The van der Waals surface area contributed by atoms with Gasteiger partial charge in [-0.1, -0.05) is 121 Å². The number of aromatic nitrogens is 4. The maximum Gasteiger partial charge on any atom is 0.164 e. The van der Waals surface area contributed by atoms with Crippen LogP contribution in [0.25, 0.3) is 94.4 Å². The third-order valence-electron chi connectivity index (χ3n) is 9.23. The van der Waals surface area contributed by atoms with Crippen LogP contribution in [-0.4, -0.2) is 19.5 Å². The number of furan rings is 1. The molecular formula is C43H26N4O. The van der Waals surface area contributed by atoms with E-state index in [2.05, 4.69) is 89.5 Å². The van der Waals surface area contributed by atoms with Crippen LogP contribution >= 0.6 is 0 Å². The molecule has 7 aromatic carbocycles. The third-order valence-corrected chi connectivity index (χ3v) is 9.23. The van der Waals surface area contributed by atoms with Gasteiger partial charge in [0.2, 0.25) is 0 Å². The summed E-state index contributed by atoms with van der Waals surface area (Å²) in [5.41, 5.74) is 7.91. The molecule has 0 fully saturated rings. The lowest BCUT2D eigenvalue weighted by Crippen LogP contribution is -2.01. The molecule has 0 spiro atoms. The highest BCUT2D eigenvalue weighted by molar-refractivity contribution is 6.24. The van der Waals surface area contributed by atoms with E-state index in [0.29, 0.717) is 17.5 Å². The van der Waals surface area contributed by atoms with Gasteiger partial charge in [-0.25, -0.2) is 15.0 Å². The lowest BCUT2D eigenvalue weighted by Gasteiger charge is -2.12. The van der Waals surface area contributed by atoms with Crippen LogP contribution < -0.4 is 0 Å². The molecule has 0 aliphatic rings. The predicted octanol–water partition coefficient (Wildman–Crippen LogP) is 11.0. The topological polar surface area (TPSA) is 56.7 Å². The number of benzene rings is 7. The van der Waals surface area contributed by atoms with E-state index >= 15 is 0 Å². The molecular weight excluding hydrogens is 589 g/mol. The van der Waals surface area contributed by atoms with Crippen molar-refractivity contribution in [1.82, 2.24) is 19.5 Å². The molecule has 0 saturated carbocycles. The second-order valence-corrected chi connectivity index (χ2v) is 12.0. The molecule has 10 rings (SSSR count). The molecule has 0 aliphatic carbocycles. The minimum absolute atomic E-state index is 0.624. The summed E-state index contributed by atoms with van der Waals surface area (Å²) in [5.74, 6) is 1.91. The van der Waals surface area contributed by atoms with Crippen LogP contribution in [0.15, 0.2) is 162 Å². The fourth-order valence-electron chi connectivity index (χ4n) is 7.04. The van der Waals surface area contributed by atoms with Gasteiger partial charge in [0.25, 0.3) is 0 Å². The van der Waals surface area contributed by atoms with E-state index in [0.717, 1.165) is 66.1 Å². The van der Waals surface area contributed by atoms with Crippen molar-refractivity contribution in [2.75, 3.05) is 0 Å². The molecule has 0 amide bonds. The van der Waals surface area contributed by atoms with Crippen molar-refractivity contribution in [2.45, 2.75) is 0 Å². The summed E-state index contributed by atoms with van der Waals surface area (Å²) >= 11 is 0. The van der Waals surface area contributed by atoms with Crippen molar-refractivity contribution in [3.05, 3.63) is 158 Å². The van der Waals surface area contributed by atoms with Crippen LogP contribution in [0, 0.1) is 0 Å². The highest BCUT2D eigenvalue weighted by Gasteiger charge is 2.19. The zero-order valence-corrected chi connectivity index (χ0v) is 25.7. The van der Waals surface area contributed by atoms with E-state index in [1.807, 2.05) is 72.8 Å². The molecule has 0 atom stereocenters. The number of fused-ring (bicyclic) bond motifs is 9. The molecule has 5 nitrogen and oxygen atoms in total. The van der Waals surface area contributed by atoms with Crippen LogP contribution in [0.5, 0.6) is 0 Å². The quantitative estimate of drug-likeness (QED) is 0.198. The Labute approximate surface area is 275 Å². The molecule has 5 heteroatoms. The molecule has 3 aromatic heterocycles. The first-order valence-electron chi connectivity index (χ1n) is 16.0. The minimum Gasteiger partial charge on any atom is -0.455 e. The lowest BCUT2D eigenvalue weighted by molar-refractivity contribution is 0.672. The maximum absolute atomic E-state index is 6.47. The highest BCUT2D eigenvalue weighted by atomic mass is 16.3. The fraction of sp³-hybridized carbons (Fsp3) is 0. The van der Waals surface area contributed by atoms with Crippen LogP contribution in [-0.2, 0) is 0 Å². The van der Waals surface area contributed by atoms with Crippen molar-refractivity contribution >= 4 is 54.5 Å². The SMILES string of the molecule is c1ccc(-c2nc(-c3ccccc3)nc(-c3cccc(-n4c5ccccc5c5ccc6c(ccc7c8ccccc8oc76)c54)c3)n2)cc1. The van der Waals surface area contributed by atoms with E-state index in [1.54, 1.807) is 0 Å². The molecule has 0 aliphatic heterocycles. The Morgan fingerprint density at radius 3 is 1.62 bits per heavy atom. The summed E-state index contributed by atoms with van der Waals surface area (Å²) in [7, 11) is 0. The Hall–Kier alpha value is -6.59. The summed E-state index contributed by atoms with van der Waals surface area (Å²) in [4.78, 5) is 14.9. The van der Waals surface area contributed by atoms with Gasteiger partial charge < -0.3 is 8.98 Å². The van der Waals surface area contributed by atoms with Crippen molar-refractivity contribution in [2.24, 2.45) is 0 Å². The molecule has 10 aromatic rings. The molecule has 48 heavy (non-hydrogen) atoms. The van der Waals surface area contributed by atoms with Gasteiger partial charge in [0.15, 0.2) is 17.5 Å². The molecule has 0 N–H and O–H groups in total. The predicted molar refractivity (Wildman–Crippen MR) is 195 cm³/mol. The number of hydrogen-bond acceptors (Lipinski definition) is 4. The molecule has 0 radical (unpaired) electrons. The second kappa shape index (κ2) is 10.5. The molecule has 224 valence electrons. The summed E-state index contributed by atoms with van der Waals surface area (Å²) in [6.07, 6.45) is 0. The van der Waals surface area contributed by atoms with E-state index in [-0.39, 0.29) is 0 Å². The summed E-state index contributed by atoms with van der Waals surface area (Å²) < 4.78 is 8.84. The number of hydrogen-bond donors (Lipinski definition) is 0. The van der Waals surface area contributed by atoms with Crippen molar-refractivity contribution in [1.29, 1.82) is 0 Å². The van der Waals surface area contributed by atoms with Gasteiger partial charge in [0.1, 0.15) is 11.2 Å². The summed E-state index contributed by atoms with van der Waals surface area (Å²) in [6, 6.07) is 54.4. The number of para-hydroxylation sites is 2. The zero-order chi connectivity index (χ0) is 31.6. The smallest absolute Gasteiger partial charge is 0.164 e. The van der Waals surface area contributed by atoms with Crippen LogP contribution in [0.3, 0.4) is 0 Å². The maximum atomic E-state index is 6.47. The Kier molecular flexibility index (Phi) is 5.81. The highest BCUT2D eigenvalue weighted by Crippen LogP contribution is 2.41. The van der Waals surface area contributed by atoms with Crippen molar-refractivity contribution in [3.63, 3.8) is 0 Å². The van der Waals surface area contributed by atoms with Gasteiger partial charge in [-0.3, -0.25) is 0 Å². The first-order valence-corrected chi connectivity index (χ1v) is 16.0. The number of nitrogens with zero attached hydrogens (tertiary/aromatic N) is 4. The summed E-state index contributed by atoms with van der Waals surface area (Å²) in [5, 5.41) is 6.87. The van der Waals surface area contributed by atoms with Crippen LogP contribution in [0.1, 0.15) is 0 Å². The normalized spacial score (nSPS) is 11.8. The lowest BCUT2D eigenvalue weighted by atomic mass is 10.0. The van der Waals surface area contributed by atoms with Crippen molar-refractivity contribution in [3.8, 4) is 39.9 Å². The van der Waals surface area contributed by atoms with Crippen molar-refractivity contribution < 1.29 is 4.42 Å².